The molecule has 0 fully saturated rings. The zero-order chi connectivity index (χ0) is 28.3. The molecule has 1 aromatic heterocycles. The molecule has 0 saturated carbocycles. The fraction of sp³-hybridized carbons (Fsp3) is 0.115. The molecule has 4 N–H and O–H groups in total. The Morgan fingerprint density at radius 1 is 0.846 bits per heavy atom. The summed E-state index contributed by atoms with van der Waals surface area (Å²) in [4.78, 5) is 3.67. The van der Waals surface area contributed by atoms with Crippen LogP contribution in [0.1, 0.15) is 16.7 Å². The van der Waals surface area contributed by atoms with E-state index in [-0.39, 0.29) is 22.1 Å². The zero-order valence-corrected chi connectivity index (χ0v) is 23.3. The molecule has 0 atom stereocenters. The van der Waals surface area contributed by atoms with Gasteiger partial charge >= 0.3 is 0 Å². The summed E-state index contributed by atoms with van der Waals surface area (Å²) in [6.45, 7) is 5.92. The molecule has 1 heterocycles. The van der Waals surface area contributed by atoms with Crippen molar-refractivity contribution in [3.05, 3.63) is 71.3 Å². The largest absolute Gasteiger partial charge is 0.396 e. The lowest BCUT2D eigenvalue weighted by Crippen LogP contribution is -2.04. The van der Waals surface area contributed by atoms with Crippen LogP contribution in [0.5, 0.6) is 0 Å². The summed E-state index contributed by atoms with van der Waals surface area (Å²) < 4.78 is 67.3. The highest BCUT2D eigenvalue weighted by molar-refractivity contribution is 7.86. The van der Waals surface area contributed by atoms with Gasteiger partial charge in [-0.05, 0) is 85.3 Å². The number of nitrogens with two attached hydrogens (primary N) is 1. The topological polar surface area (TPSA) is 172 Å². The van der Waals surface area contributed by atoms with E-state index in [1.165, 1.54) is 11.6 Å². The van der Waals surface area contributed by atoms with E-state index in [9.17, 15) is 25.9 Å². The van der Waals surface area contributed by atoms with Gasteiger partial charge in [0.25, 0.3) is 20.2 Å². The van der Waals surface area contributed by atoms with E-state index in [0.29, 0.717) is 5.69 Å². The molecule has 4 aromatic carbocycles. The highest BCUT2D eigenvalue weighted by Gasteiger charge is 2.21. The molecule has 200 valence electrons. The molecule has 0 amide bonds. The molecule has 0 aliphatic rings. The predicted molar refractivity (Wildman–Crippen MR) is 151 cm³/mol. The van der Waals surface area contributed by atoms with Gasteiger partial charge in [0.2, 0.25) is 0 Å². The highest BCUT2D eigenvalue weighted by atomic mass is 32.2. The van der Waals surface area contributed by atoms with Gasteiger partial charge in [0.05, 0.1) is 26.5 Å². The van der Waals surface area contributed by atoms with Crippen LogP contribution in [0, 0.1) is 20.8 Å². The average Bonchev–Trinajstić information content (AvgIpc) is 3.27. The third-order valence-electron chi connectivity index (χ3n) is 6.19. The summed E-state index contributed by atoms with van der Waals surface area (Å²) in [5.41, 5.74) is 11.0. The number of nitrogens with zero attached hydrogens (tertiary/aromatic N) is 3. The molecule has 0 aliphatic heterocycles. The van der Waals surface area contributed by atoms with Crippen LogP contribution in [-0.2, 0) is 20.2 Å². The average molecular weight is 583 g/mol. The summed E-state index contributed by atoms with van der Waals surface area (Å²) in [5, 5.41) is 9.65. The number of fused-ring (bicyclic) bond motifs is 2. The van der Waals surface area contributed by atoms with Gasteiger partial charge in [0.1, 0.15) is 15.6 Å². The Balaban J connectivity index is 1.59. The van der Waals surface area contributed by atoms with Crippen molar-refractivity contribution in [2.75, 3.05) is 5.73 Å². The van der Waals surface area contributed by atoms with Gasteiger partial charge < -0.3 is 5.73 Å². The van der Waals surface area contributed by atoms with Crippen LogP contribution in [-0.4, -0.2) is 30.9 Å². The monoisotopic (exact) mass is 582 g/mol. The van der Waals surface area contributed by atoms with E-state index in [0.717, 1.165) is 50.1 Å². The van der Waals surface area contributed by atoms with E-state index >= 15 is 0 Å². The lowest BCUT2D eigenvalue weighted by molar-refractivity contribution is 0.481. The maximum atomic E-state index is 12.0. The fourth-order valence-corrected chi connectivity index (χ4v) is 6.64. The first-order valence-electron chi connectivity index (χ1n) is 11.4. The highest BCUT2D eigenvalue weighted by Crippen LogP contribution is 2.40. The van der Waals surface area contributed by atoms with Crippen molar-refractivity contribution >= 4 is 69.6 Å². The van der Waals surface area contributed by atoms with Crippen molar-refractivity contribution in [1.29, 1.82) is 0 Å². The summed E-state index contributed by atoms with van der Waals surface area (Å²) >= 11 is 1.59. The molecule has 0 aliphatic carbocycles. The van der Waals surface area contributed by atoms with E-state index in [4.69, 9.17) is 10.7 Å². The number of anilines is 1. The smallest absolute Gasteiger partial charge is 0.296 e. The van der Waals surface area contributed by atoms with Gasteiger partial charge in [0.15, 0.2) is 0 Å². The van der Waals surface area contributed by atoms with E-state index in [2.05, 4.69) is 22.4 Å². The molecule has 0 unspecified atom stereocenters. The number of nitrogen functional groups attached to an aromatic ring is 1. The molecule has 13 heteroatoms. The second-order valence-corrected chi connectivity index (χ2v) is 13.0. The quantitative estimate of drug-likeness (QED) is 0.119. The number of hydrogen-bond acceptors (Lipinski definition) is 9. The second-order valence-electron chi connectivity index (χ2n) is 9.12. The third-order valence-corrected chi connectivity index (χ3v) is 8.99. The van der Waals surface area contributed by atoms with Gasteiger partial charge in [-0.15, -0.1) is 16.5 Å². The summed E-state index contributed by atoms with van der Waals surface area (Å²) in [5.74, 6) is 0. The van der Waals surface area contributed by atoms with Crippen molar-refractivity contribution in [2.45, 2.75) is 30.6 Å². The molecule has 5 aromatic rings. The van der Waals surface area contributed by atoms with Crippen LogP contribution in [0.2, 0.25) is 0 Å². The molecular formula is C26H22N4O6S3. The number of aromatic nitrogens is 1. The normalized spacial score (nSPS) is 12.6. The van der Waals surface area contributed by atoms with E-state index in [1.807, 2.05) is 32.9 Å². The number of aryl methyl sites for hydroxylation is 3. The zero-order valence-electron chi connectivity index (χ0n) is 20.9. The lowest BCUT2D eigenvalue weighted by atomic mass is 10.1. The Kier molecular flexibility index (Phi) is 6.51. The molecule has 0 bridgehead atoms. The SMILES string of the molecule is Cc1cc(C)c2nc(-c3ccc(N=Nc4c(N)c(S(=O)(=O)O)cc5cc(S(=O)(=O)O)ccc45)c(C)c3)sc2c1. The van der Waals surface area contributed by atoms with Crippen molar-refractivity contribution in [3.63, 3.8) is 0 Å². The first-order valence-corrected chi connectivity index (χ1v) is 15.1. The molecular weight excluding hydrogens is 561 g/mol. The minimum Gasteiger partial charge on any atom is -0.396 e. The Labute approximate surface area is 228 Å². The molecule has 0 saturated heterocycles. The Bertz CT molecular complexity index is 2070. The summed E-state index contributed by atoms with van der Waals surface area (Å²) in [6, 6.07) is 14.2. The maximum absolute atomic E-state index is 12.0. The predicted octanol–water partition coefficient (Wildman–Crippen LogP) is 6.53. The van der Waals surface area contributed by atoms with Crippen molar-refractivity contribution < 1.29 is 25.9 Å². The molecule has 5 rings (SSSR count). The minimum absolute atomic E-state index is 0.0642. The van der Waals surface area contributed by atoms with Crippen LogP contribution in [0.3, 0.4) is 0 Å². The Hall–Kier alpha value is -3.75. The number of azo groups is 1. The number of thiazole rings is 1. The second kappa shape index (κ2) is 9.47. The van der Waals surface area contributed by atoms with Gasteiger partial charge in [0, 0.05) is 10.9 Å². The van der Waals surface area contributed by atoms with Crippen LogP contribution in [0.4, 0.5) is 17.1 Å². The van der Waals surface area contributed by atoms with Crippen LogP contribution < -0.4 is 5.73 Å². The Morgan fingerprint density at radius 3 is 2.26 bits per heavy atom. The van der Waals surface area contributed by atoms with Gasteiger partial charge in [-0.25, -0.2) is 4.98 Å². The van der Waals surface area contributed by atoms with Gasteiger partial charge in [-0.3, -0.25) is 9.11 Å². The first kappa shape index (κ1) is 26.8. The number of rotatable bonds is 5. The van der Waals surface area contributed by atoms with Crippen molar-refractivity contribution in [1.82, 2.24) is 4.98 Å². The third kappa shape index (κ3) is 5.14. The lowest BCUT2D eigenvalue weighted by Gasteiger charge is -2.11. The van der Waals surface area contributed by atoms with Gasteiger partial charge in [-0.1, -0.05) is 12.1 Å². The van der Waals surface area contributed by atoms with Gasteiger partial charge in [-0.2, -0.15) is 21.9 Å². The molecule has 39 heavy (non-hydrogen) atoms. The molecule has 10 nitrogen and oxygen atoms in total. The summed E-state index contributed by atoms with van der Waals surface area (Å²) in [7, 11) is -9.35. The van der Waals surface area contributed by atoms with E-state index < -0.39 is 30.0 Å². The van der Waals surface area contributed by atoms with Crippen molar-refractivity contribution in [2.24, 2.45) is 10.2 Å². The van der Waals surface area contributed by atoms with E-state index in [1.54, 1.807) is 17.4 Å². The molecule has 0 radical (unpaired) electrons. The Morgan fingerprint density at radius 2 is 1.59 bits per heavy atom. The standard InChI is InChI=1S/C26H22N4O6S3/c1-13-8-15(3)24-21(9-13)37-26(28-24)16-4-7-20(14(2)10-16)29-30-25-19-6-5-18(38(31,32)33)11-17(19)12-22(23(25)27)39(34,35)36/h4-12H,27H2,1-3H3,(H,31,32,33)(H,34,35,36). The maximum Gasteiger partial charge on any atom is 0.296 e. The number of hydrogen-bond donors (Lipinski definition) is 3. The van der Waals surface area contributed by atoms with Crippen LogP contribution in [0.25, 0.3) is 31.6 Å². The number of benzene rings is 4. The van der Waals surface area contributed by atoms with Crippen LogP contribution >= 0.6 is 11.3 Å². The molecule has 0 spiro atoms. The first-order chi connectivity index (χ1) is 18.2. The van der Waals surface area contributed by atoms with Crippen LogP contribution in [0.15, 0.2) is 74.6 Å². The van der Waals surface area contributed by atoms with Crippen molar-refractivity contribution in [3.8, 4) is 10.6 Å². The fourth-order valence-electron chi connectivity index (χ4n) is 4.34. The minimum atomic E-state index is -4.78. The summed E-state index contributed by atoms with van der Waals surface area (Å²) in [6.07, 6.45) is 0.